The van der Waals surface area contributed by atoms with E-state index in [1.54, 1.807) is 22.9 Å². The zero-order valence-electron chi connectivity index (χ0n) is 17.0. The number of aromatic nitrogens is 2. The summed E-state index contributed by atoms with van der Waals surface area (Å²) in [6.07, 6.45) is 1.43. The molecule has 2 fully saturated rings. The molecule has 0 spiro atoms. The number of benzene rings is 1. The lowest BCUT2D eigenvalue weighted by Gasteiger charge is -2.35. The van der Waals surface area contributed by atoms with Crippen LogP contribution in [-0.4, -0.2) is 76.8 Å². The Bertz CT molecular complexity index is 900. The van der Waals surface area contributed by atoms with Crippen LogP contribution in [0.15, 0.2) is 30.3 Å². The molecule has 0 radical (unpaired) electrons. The van der Waals surface area contributed by atoms with Crippen molar-refractivity contribution in [3.8, 4) is 5.69 Å². The normalized spacial score (nSPS) is 19.8. The van der Waals surface area contributed by atoms with Gasteiger partial charge in [0, 0.05) is 38.9 Å². The Morgan fingerprint density at radius 3 is 2.60 bits per heavy atom. The predicted octanol–water partition coefficient (Wildman–Crippen LogP) is 1.58. The lowest BCUT2D eigenvalue weighted by molar-refractivity contribution is -0.142. The van der Waals surface area contributed by atoms with Crippen molar-refractivity contribution in [1.29, 1.82) is 0 Å². The van der Waals surface area contributed by atoms with Gasteiger partial charge in [-0.15, -0.1) is 0 Å². The molecule has 3 heterocycles. The number of nitrogens with one attached hydrogen (secondary N) is 1. The Morgan fingerprint density at radius 2 is 1.93 bits per heavy atom. The van der Waals surface area contributed by atoms with E-state index in [0.717, 1.165) is 18.5 Å². The van der Waals surface area contributed by atoms with Gasteiger partial charge < -0.3 is 15.0 Å². The van der Waals surface area contributed by atoms with E-state index < -0.39 is 0 Å². The van der Waals surface area contributed by atoms with E-state index in [-0.39, 0.29) is 30.3 Å². The summed E-state index contributed by atoms with van der Waals surface area (Å²) in [7, 11) is 0. The van der Waals surface area contributed by atoms with Crippen LogP contribution in [0.2, 0.25) is 0 Å². The first-order valence-corrected chi connectivity index (χ1v) is 10.2. The van der Waals surface area contributed by atoms with Crippen LogP contribution in [0.25, 0.3) is 5.69 Å². The van der Waals surface area contributed by atoms with E-state index in [1.165, 1.54) is 12.1 Å². The van der Waals surface area contributed by atoms with Crippen LogP contribution >= 0.6 is 0 Å². The molecule has 0 saturated carbocycles. The number of amides is 2. The Hall–Kier alpha value is -2.78. The van der Waals surface area contributed by atoms with Crippen LogP contribution in [0.3, 0.4) is 0 Å². The smallest absolute Gasteiger partial charge is 0.251 e. The lowest BCUT2D eigenvalue weighted by Crippen LogP contribution is -2.52. The maximum absolute atomic E-state index is 13.2. The van der Waals surface area contributed by atoms with Crippen LogP contribution in [-0.2, 0) is 14.3 Å². The minimum absolute atomic E-state index is 0.0651. The molecule has 4 rings (SSSR count). The van der Waals surface area contributed by atoms with Crippen molar-refractivity contribution in [2.45, 2.75) is 25.9 Å². The first kappa shape index (κ1) is 20.5. The average molecular weight is 415 g/mol. The van der Waals surface area contributed by atoms with Crippen LogP contribution in [0.5, 0.6) is 0 Å². The van der Waals surface area contributed by atoms with E-state index in [4.69, 9.17) is 4.74 Å². The number of hydrogen-bond donors (Lipinski definition) is 1. The Morgan fingerprint density at radius 1 is 1.20 bits per heavy atom. The number of halogens is 1. The second-order valence-corrected chi connectivity index (χ2v) is 7.71. The molecule has 1 aromatic carbocycles. The average Bonchev–Trinajstić information content (AvgIpc) is 3.39. The van der Waals surface area contributed by atoms with Gasteiger partial charge in [0.25, 0.3) is 5.91 Å². The third-order valence-electron chi connectivity index (χ3n) is 5.43. The van der Waals surface area contributed by atoms with Crippen molar-refractivity contribution in [2.24, 2.45) is 0 Å². The third-order valence-corrected chi connectivity index (χ3v) is 5.43. The van der Waals surface area contributed by atoms with Crippen molar-refractivity contribution in [3.05, 3.63) is 41.8 Å². The van der Waals surface area contributed by atoms with Crippen molar-refractivity contribution in [1.82, 2.24) is 19.6 Å². The highest BCUT2D eigenvalue weighted by Gasteiger charge is 2.30. The molecule has 0 bridgehead atoms. The van der Waals surface area contributed by atoms with E-state index >= 15 is 0 Å². The molecule has 2 aromatic rings. The van der Waals surface area contributed by atoms with E-state index in [9.17, 15) is 14.0 Å². The quantitative estimate of drug-likeness (QED) is 0.802. The third kappa shape index (κ3) is 4.68. The second-order valence-electron chi connectivity index (χ2n) is 7.71. The van der Waals surface area contributed by atoms with Gasteiger partial charge in [0.05, 0.1) is 17.9 Å². The minimum Gasteiger partial charge on any atom is -0.368 e. The van der Waals surface area contributed by atoms with Gasteiger partial charge in [0.1, 0.15) is 17.7 Å². The summed E-state index contributed by atoms with van der Waals surface area (Å²) < 4.78 is 20.3. The van der Waals surface area contributed by atoms with Crippen molar-refractivity contribution in [2.75, 3.05) is 44.6 Å². The molecule has 2 saturated heterocycles. The standard InChI is InChI=1S/C21H26FN5O3/c1-15-13-19(27(24-15)17-6-4-16(22)5-7-17)23-20(28)14-25-8-10-26(11-9-25)21(29)18-3-2-12-30-18/h4-7,13,18H,2-3,8-12,14H2,1H3,(H,23,28). The molecule has 2 aliphatic heterocycles. The molecule has 0 aliphatic carbocycles. The molecule has 2 aliphatic rings. The Balaban J connectivity index is 1.31. The molecule has 1 unspecified atom stereocenters. The van der Waals surface area contributed by atoms with Crippen molar-refractivity contribution < 1.29 is 18.7 Å². The number of anilines is 1. The van der Waals surface area contributed by atoms with Gasteiger partial charge in [-0.1, -0.05) is 0 Å². The van der Waals surface area contributed by atoms with E-state index in [1.807, 2.05) is 16.7 Å². The van der Waals surface area contributed by atoms with Gasteiger partial charge >= 0.3 is 0 Å². The monoisotopic (exact) mass is 415 g/mol. The summed E-state index contributed by atoms with van der Waals surface area (Å²) in [6.45, 7) is 5.20. The maximum atomic E-state index is 13.2. The summed E-state index contributed by atoms with van der Waals surface area (Å²) in [5.41, 5.74) is 1.41. The van der Waals surface area contributed by atoms with E-state index in [0.29, 0.717) is 44.3 Å². The van der Waals surface area contributed by atoms with Gasteiger partial charge in [-0.25, -0.2) is 9.07 Å². The van der Waals surface area contributed by atoms with Crippen molar-refractivity contribution >= 4 is 17.6 Å². The topological polar surface area (TPSA) is 79.7 Å². The van der Waals surface area contributed by atoms with Gasteiger partial charge in [-0.05, 0) is 44.0 Å². The largest absolute Gasteiger partial charge is 0.368 e. The number of carbonyl (C=O) groups is 2. The number of hydrogen-bond acceptors (Lipinski definition) is 5. The first-order valence-electron chi connectivity index (χ1n) is 10.2. The fourth-order valence-corrected chi connectivity index (χ4v) is 3.86. The molecule has 1 aromatic heterocycles. The molecule has 1 atom stereocenters. The summed E-state index contributed by atoms with van der Waals surface area (Å²) >= 11 is 0. The summed E-state index contributed by atoms with van der Waals surface area (Å²) in [5.74, 6) is 0.120. The first-order chi connectivity index (χ1) is 14.5. The number of carbonyl (C=O) groups excluding carboxylic acids is 2. The molecule has 8 nitrogen and oxygen atoms in total. The fourth-order valence-electron chi connectivity index (χ4n) is 3.86. The molecule has 30 heavy (non-hydrogen) atoms. The Kier molecular flexibility index (Phi) is 6.10. The SMILES string of the molecule is Cc1cc(NC(=O)CN2CCN(C(=O)C3CCCO3)CC2)n(-c2ccc(F)cc2)n1. The van der Waals surface area contributed by atoms with Crippen molar-refractivity contribution in [3.63, 3.8) is 0 Å². The minimum atomic E-state index is -0.328. The number of nitrogens with zero attached hydrogens (tertiary/aromatic N) is 4. The molecule has 2 amide bonds. The highest BCUT2D eigenvalue weighted by Crippen LogP contribution is 2.18. The van der Waals surface area contributed by atoms with Crippen LogP contribution in [0.4, 0.5) is 10.2 Å². The number of piperazine rings is 1. The molecular weight excluding hydrogens is 389 g/mol. The lowest BCUT2D eigenvalue weighted by atomic mass is 10.2. The highest BCUT2D eigenvalue weighted by atomic mass is 19.1. The highest BCUT2D eigenvalue weighted by molar-refractivity contribution is 5.91. The van der Waals surface area contributed by atoms with Crippen LogP contribution in [0, 0.1) is 12.7 Å². The maximum Gasteiger partial charge on any atom is 0.251 e. The Labute approximate surface area is 174 Å². The predicted molar refractivity (Wildman–Crippen MR) is 109 cm³/mol. The molecular formula is C21H26FN5O3. The molecule has 160 valence electrons. The zero-order chi connectivity index (χ0) is 21.1. The number of ether oxygens (including phenoxy) is 1. The number of rotatable bonds is 5. The summed E-state index contributed by atoms with van der Waals surface area (Å²) in [6, 6.07) is 7.72. The van der Waals surface area contributed by atoms with Gasteiger partial charge in [-0.2, -0.15) is 5.10 Å². The summed E-state index contributed by atoms with van der Waals surface area (Å²) in [4.78, 5) is 28.9. The van der Waals surface area contributed by atoms with Crippen LogP contribution < -0.4 is 5.32 Å². The zero-order valence-corrected chi connectivity index (χ0v) is 17.0. The van der Waals surface area contributed by atoms with Gasteiger partial charge in [-0.3, -0.25) is 14.5 Å². The summed E-state index contributed by atoms with van der Waals surface area (Å²) in [5, 5.41) is 7.28. The van der Waals surface area contributed by atoms with E-state index in [2.05, 4.69) is 10.4 Å². The van der Waals surface area contributed by atoms with Gasteiger partial charge in [0.2, 0.25) is 5.91 Å². The fraction of sp³-hybridized carbons (Fsp3) is 0.476. The molecule has 9 heteroatoms. The molecule has 1 N–H and O–H groups in total. The second kappa shape index (κ2) is 8.93. The number of aryl methyl sites for hydroxylation is 1. The van der Waals surface area contributed by atoms with Gasteiger partial charge in [0.15, 0.2) is 0 Å². The van der Waals surface area contributed by atoms with Crippen LogP contribution in [0.1, 0.15) is 18.5 Å².